The van der Waals surface area contributed by atoms with Crippen molar-refractivity contribution in [2.45, 2.75) is 191 Å². The Morgan fingerprint density at radius 2 is 1.54 bits per heavy atom. The first kappa shape index (κ1) is 62.8. The van der Waals surface area contributed by atoms with Crippen molar-refractivity contribution in [3.63, 3.8) is 0 Å². The third-order valence-corrected chi connectivity index (χ3v) is 16.9. The van der Waals surface area contributed by atoms with Crippen LogP contribution in [-0.2, 0) is 42.8 Å². The summed E-state index contributed by atoms with van der Waals surface area (Å²) in [6, 6.07) is 8.13. The number of aliphatic hydroxyl groups is 5. The highest BCUT2D eigenvalue weighted by atomic mass is 19.1. The number of methoxy groups -OCH3 is 2. The highest BCUT2D eigenvalue weighted by Gasteiger charge is 2.56. The Hall–Kier alpha value is -4.06. The van der Waals surface area contributed by atoms with Gasteiger partial charge < -0.3 is 69.5 Å². The van der Waals surface area contributed by atoms with E-state index < -0.39 is 138 Å². The van der Waals surface area contributed by atoms with Crippen LogP contribution in [0.5, 0.6) is 0 Å². The van der Waals surface area contributed by atoms with Gasteiger partial charge in [0.1, 0.15) is 48.2 Å². The fourth-order valence-electron chi connectivity index (χ4n) is 11.9. The summed E-state index contributed by atoms with van der Waals surface area (Å²) in [5.74, 6) is -6.34. The van der Waals surface area contributed by atoms with Crippen LogP contribution >= 0.6 is 0 Å². The average Bonchev–Trinajstić information content (AvgIpc) is 3.40. The minimum atomic E-state index is -2.02. The van der Waals surface area contributed by atoms with Crippen molar-refractivity contribution in [3.05, 3.63) is 53.9 Å². The predicted octanol–water partition coefficient (Wildman–Crippen LogP) is 4.08. The van der Waals surface area contributed by atoms with E-state index in [4.69, 9.17) is 28.4 Å². The van der Waals surface area contributed by atoms with E-state index in [1.54, 1.807) is 96.1 Å². The van der Waals surface area contributed by atoms with Gasteiger partial charge in [-0.2, -0.15) is 0 Å². The molecule has 0 aliphatic carbocycles. The summed E-state index contributed by atoms with van der Waals surface area (Å²) in [7, 11) is 6.22. The Bertz CT molecular complexity index is 2240. The first-order valence-electron chi connectivity index (χ1n) is 26.7. The van der Waals surface area contributed by atoms with Gasteiger partial charge in [-0.3, -0.25) is 24.2 Å². The van der Waals surface area contributed by atoms with Crippen LogP contribution in [0.3, 0.4) is 0 Å². The molecule has 3 aliphatic rings. The van der Waals surface area contributed by atoms with Crippen LogP contribution < -0.4 is 10.6 Å². The van der Waals surface area contributed by atoms with Gasteiger partial charge in [-0.1, -0.05) is 65.0 Å². The van der Waals surface area contributed by atoms with E-state index in [2.05, 4.69) is 15.6 Å². The van der Waals surface area contributed by atoms with Gasteiger partial charge in [0.25, 0.3) is 5.91 Å². The lowest BCUT2D eigenvalue weighted by Gasteiger charge is -2.52. The Balaban J connectivity index is 1.40. The number of carbonyl (C=O) groups is 4. The molecule has 0 bridgehead atoms. The molecule has 0 saturated carbocycles. The lowest BCUT2D eigenvalue weighted by Crippen LogP contribution is -2.62. The highest BCUT2D eigenvalue weighted by molar-refractivity contribution is 5.92. The molecule has 76 heavy (non-hydrogen) atoms. The van der Waals surface area contributed by atoms with Crippen LogP contribution in [0.2, 0.25) is 0 Å². The molecule has 19 nitrogen and oxygen atoms in total. The first-order valence-corrected chi connectivity index (χ1v) is 26.7. The van der Waals surface area contributed by atoms with E-state index >= 15 is 0 Å². The molecule has 0 spiro atoms. The van der Waals surface area contributed by atoms with Crippen molar-refractivity contribution in [1.82, 2.24) is 20.5 Å². The van der Waals surface area contributed by atoms with Crippen molar-refractivity contribution < 1.29 is 77.5 Å². The molecule has 20 heteroatoms. The van der Waals surface area contributed by atoms with Gasteiger partial charge in [-0.15, -0.1) is 0 Å². The summed E-state index contributed by atoms with van der Waals surface area (Å²) in [6.07, 6.45) is -8.98. The number of aliphatic hydroxyl groups excluding tert-OH is 4. The van der Waals surface area contributed by atoms with E-state index in [-0.39, 0.29) is 49.6 Å². The molecule has 0 radical (unpaired) electrons. The van der Waals surface area contributed by atoms with E-state index in [1.165, 1.54) is 35.1 Å². The van der Waals surface area contributed by atoms with E-state index in [0.717, 1.165) is 11.1 Å². The number of halogens is 1. The smallest absolute Gasteiger partial charge is 0.309 e. The second-order valence-electron chi connectivity index (χ2n) is 22.4. The van der Waals surface area contributed by atoms with Gasteiger partial charge in [0.15, 0.2) is 6.29 Å². The van der Waals surface area contributed by atoms with Crippen LogP contribution in [0.25, 0.3) is 11.1 Å². The summed E-state index contributed by atoms with van der Waals surface area (Å²) in [5.41, 5.74) is -2.40. The quantitative estimate of drug-likeness (QED) is 0.117. The van der Waals surface area contributed by atoms with Gasteiger partial charge in [0.2, 0.25) is 5.91 Å². The molecule has 1 aromatic heterocycles. The highest BCUT2D eigenvalue weighted by Crippen LogP contribution is 2.46. The maximum absolute atomic E-state index is 14.6. The number of likely N-dealkylation sites (N-methyl/N-ethyl adjacent to an activating group) is 1. The number of hydrogen-bond acceptors (Lipinski definition) is 17. The number of amides is 2. The number of rotatable bonds is 16. The Morgan fingerprint density at radius 3 is 2.11 bits per heavy atom. The number of aromatic nitrogens is 1. The Morgan fingerprint density at radius 1 is 0.908 bits per heavy atom. The summed E-state index contributed by atoms with van der Waals surface area (Å²) >= 11 is 0. The zero-order valence-electron chi connectivity index (χ0n) is 46.9. The molecule has 3 saturated heterocycles. The molecule has 2 amide bonds. The Labute approximate surface area is 447 Å². The van der Waals surface area contributed by atoms with Crippen LogP contribution in [0, 0.1) is 29.6 Å². The van der Waals surface area contributed by atoms with Crippen molar-refractivity contribution >= 4 is 23.6 Å². The summed E-state index contributed by atoms with van der Waals surface area (Å²) in [6.45, 7) is 16.0. The molecule has 4 heterocycles. The Kier molecular flexibility index (Phi) is 21.7. The largest absolute Gasteiger partial charge is 0.459 e. The predicted molar refractivity (Wildman–Crippen MR) is 279 cm³/mol. The molecule has 428 valence electrons. The molecular weight excluding hydrogens is 988 g/mol. The number of ketones is 1. The number of nitrogens with one attached hydrogen (secondary N) is 2. The second kappa shape index (κ2) is 26.3. The number of pyridine rings is 1. The van der Waals surface area contributed by atoms with Crippen LogP contribution in [0.1, 0.15) is 123 Å². The fraction of sp³-hybridized carbons (Fsp3) is 0.732. The fourth-order valence-corrected chi connectivity index (χ4v) is 11.9. The zero-order valence-corrected chi connectivity index (χ0v) is 46.9. The molecule has 20 atom stereocenters. The number of esters is 1. The number of benzene rings is 1. The third-order valence-electron chi connectivity index (χ3n) is 16.9. The first-order chi connectivity index (χ1) is 35.6. The van der Waals surface area contributed by atoms with Crippen LogP contribution in [-0.4, -0.2) is 185 Å². The zero-order chi connectivity index (χ0) is 56.8. The van der Waals surface area contributed by atoms with Gasteiger partial charge in [0.05, 0.1) is 53.7 Å². The van der Waals surface area contributed by atoms with Gasteiger partial charge in [0, 0.05) is 76.2 Å². The van der Waals surface area contributed by atoms with E-state index in [0.29, 0.717) is 12.0 Å². The molecule has 2 aromatic rings. The molecule has 1 aromatic carbocycles. The van der Waals surface area contributed by atoms with Gasteiger partial charge in [-0.05, 0) is 84.0 Å². The molecule has 3 fully saturated rings. The van der Waals surface area contributed by atoms with Gasteiger partial charge >= 0.3 is 5.97 Å². The normalized spacial score (nSPS) is 37.9. The summed E-state index contributed by atoms with van der Waals surface area (Å²) < 4.78 is 53.0. The summed E-state index contributed by atoms with van der Waals surface area (Å²) in [5, 5.41) is 63.4. The number of Topliss-reactive ketones (excluding diaryl/α,β-unsaturated/α-hetero) is 1. The van der Waals surface area contributed by atoms with E-state index in [1.807, 2.05) is 13.8 Å². The number of carbonyl (C=O) groups excluding carboxylic acids is 4. The van der Waals surface area contributed by atoms with Gasteiger partial charge in [-0.25, -0.2) is 4.39 Å². The number of ether oxygens (including phenoxy) is 6. The SMILES string of the molecule is CC[C@H]1OC(=O)[C@H](C)C([C@H]2C[C@@](C)(OC)[C@@H](O)[C@H](C)O2)[C@H](C)[C@@H](O[C@@H]2O[C@H](C)C[C@H](N(C)CCC(=O)N[C@H](CF)[C@H](O)c3ccc(-c4ccc(C(=O)NC)nc4)cc3)[C@H]2O)[C@](C)(OC)C[C@@H](C)C(=O)[C@H](C)[C@@H](O)[C@]1(C)O. The lowest BCUT2D eigenvalue weighted by atomic mass is 9.67. The number of alkyl halides is 1. The van der Waals surface area contributed by atoms with Crippen LogP contribution in [0.15, 0.2) is 42.6 Å². The van der Waals surface area contributed by atoms with Crippen molar-refractivity contribution in [2.75, 3.05) is 41.5 Å². The lowest BCUT2D eigenvalue weighted by molar-refractivity contribution is -0.305. The summed E-state index contributed by atoms with van der Waals surface area (Å²) in [4.78, 5) is 60.3. The molecular formula is C56H87FN4O15. The van der Waals surface area contributed by atoms with Crippen molar-refractivity contribution in [3.8, 4) is 11.1 Å². The second-order valence-corrected chi connectivity index (χ2v) is 22.4. The molecule has 3 aliphatic heterocycles. The monoisotopic (exact) mass is 1070 g/mol. The third kappa shape index (κ3) is 13.8. The standard InChI is InChI=1S/C56H87FN4O15/c1-15-42-56(10,70)48(66)33(6)45(63)29(2)25-55(9,72-14)50(31(4)44(32(5)52(69)75-42)41-26-54(8,71-13)49(67)34(7)74-41)76-53-47(65)40(24-30(3)73-53)61(12)23-22-43(62)60-39(27-57)46(64)36-18-16-35(17-19-36)37-20-21-38(59-28-37)51(68)58-11/h16-21,28-34,39-42,44,46-50,53,64-67,70H,15,22-27H2,1-14H3,(H,58,68)(H,60,62)/t29-,30-,31+,32-,33+,34+,39-,40+,41-,42-,44?,46-,47-,48-,49+,50-,53+,54-,55-,56-/m1/s1. The number of cyclic esters (lactones) is 1. The number of hydrogen-bond donors (Lipinski definition) is 7. The van der Waals surface area contributed by atoms with Crippen molar-refractivity contribution in [2.24, 2.45) is 29.6 Å². The van der Waals surface area contributed by atoms with E-state index in [9.17, 15) is 49.1 Å². The topological polar surface area (TPSA) is 265 Å². The number of nitrogens with zero attached hydrogens (tertiary/aromatic N) is 2. The maximum Gasteiger partial charge on any atom is 0.309 e. The molecule has 1 unspecified atom stereocenters. The minimum Gasteiger partial charge on any atom is -0.459 e. The molecule has 5 rings (SSSR count). The average molecular weight is 1080 g/mol. The molecule has 7 N–H and O–H groups in total. The maximum atomic E-state index is 14.6. The van der Waals surface area contributed by atoms with Crippen molar-refractivity contribution in [1.29, 1.82) is 0 Å². The van der Waals surface area contributed by atoms with Crippen LogP contribution in [0.4, 0.5) is 4.39 Å². The minimum absolute atomic E-state index is 0.0278.